The Kier molecular flexibility index (Phi) is 2.50. The van der Waals surface area contributed by atoms with E-state index in [1.807, 2.05) is 0 Å². The summed E-state index contributed by atoms with van der Waals surface area (Å²) in [5.41, 5.74) is 4.44. The van der Waals surface area contributed by atoms with Crippen LogP contribution in [0.1, 0.15) is 5.69 Å². The van der Waals surface area contributed by atoms with Gasteiger partial charge >= 0.3 is 6.36 Å². The average molecular weight is 210 g/mol. The number of aryl methyl sites for hydroxylation is 1. The standard InChI is InChI=1S/C7H6F4N2O/c1-3-6(14-7(9,10)11)4(12)2-5(8)13-3/h2H,1H3,(H2,12,13). The van der Waals surface area contributed by atoms with Gasteiger partial charge in [-0.15, -0.1) is 13.2 Å². The number of hydrogen-bond acceptors (Lipinski definition) is 3. The summed E-state index contributed by atoms with van der Waals surface area (Å²) in [6.07, 6.45) is -4.86. The first kappa shape index (κ1) is 10.6. The highest BCUT2D eigenvalue weighted by Crippen LogP contribution is 2.30. The highest BCUT2D eigenvalue weighted by molar-refractivity contribution is 5.54. The van der Waals surface area contributed by atoms with Crippen LogP contribution in [0.5, 0.6) is 5.75 Å². The first-order chi connectivity index (χ1) is 6.29. The van der Waals surface area contributed by atoms with Crippen molar-refractivity contribution in [3.8, 4) is 5.75 Å². The number of nitrogens with two attached hydrogens (primary N) is 1. The Morgan fingerprint density at radius 3 is 2.43 bits per heavy atom. The second kappa shape index (κ2) is 3.32. The Morgan fingerprint density at radius 2 is 2.00 bits per heavy atom. The Balaban J connectivity index is 3.09. The molecule has 0 saturated heterocycles. The highest BCUT2D eigenvalue weighted by atomic mass is 19.4. The molecule has 1 aromatic rings. The van der Waals surface area contributed by atoms with Crippen molar-refractivity contribution in [1.29, 1.82) is 0 Å². The molecule has 0 unspecified atom stereocenters. The zero-order valence-electron chi connectivity index (χ0n) is 7.02. The lowest BCUT2D eigenvalue weighted by atomic mass is 10.3. The van der Waals surface area contributed by atoms with E-state index >= 15 is 0 Å². The first-order valence-electron chi connectivity index (χ1n) is 3.48. The van der Waals surface area contributed by atoms with Gasteiger partial charge in [0.2, 0.25) is 5.95 Å². The van der Waals surface area contributed by atoms with Crippen molar-refractivity contribution in [2.24, 2.45) is 0 Å². The normalized spacial score (nSPS) is 11.5. The van der Waals surface area contributed by atoms with Gasteiger partial charge in [-0.1, -0.05) is 0 Å². The summed E-state index contributed by atoms with van der Waals surface area (Å²) in [5.74, 6) is -1.62. The molecular formula is C7H6F4N2O. The predicted molar refractivity (Wildman–Crippen MR) is 40.0 cm³/mol. The zero-order valence-corrected chi connectivity index (χ0v) is 7.02. The molecule has 0 radical (unpaired) electrons. The second-order valence-corrected chi connectivity index (χ2v) is 2.50. The predicted octanol–water partition coefficient (Wildman–Crippen LogP) is 2.01. The summed E-state index contributed by atoms with van der Waals surface area (Å²) in [4.78, 5) is 3.15. The van der Waals surface area contributed by atoms with Gasteiger partial charge in [0.05, 0.1) is 11.4 Å². The Bertz CT molecular complexity index is 327. The van der Waals surface area contributed by atoms with E-state index in [0.717, 1.165) is 0 Å². The Morgan fingerprint density at radius 1 is 1.43 bits per heavy atom. The summed E-state index contributed by atoms with van der Waals surface area (Å²) >= 11 is 0. The molecule has 2 N–H and O–H groups in total. The van der Waals surface area contributed by atoms with Crippen molar-refractivity contribution in [1.82, 2.24) is 4.98 Å². The maximum Gasteiger partial charge on any atom is 0.573 e. The fraction of sp³-hybridized carbons (Fsp3) is 0.286. The summed E-state index contributed by atoms with van der Waals surface area (Å²) in [6.45, 7) is 1.17. The molecule has 0 aromatic carbocycles. The van der Waals surface area contributed by atoms with Gasteiger partial charge in [-0.2, -0.15) is 4.39 Å². The lowest BCUT2D eigenvalue weighted by Crippen LogP contribution is -2.19. The molecule has 0 spiro atoms. The minimum Gasteiger partial charge on any atom is -0.402 e. The molecule has 0 aliphatic heterocycles. The maximum absolute atomic E-state index is 12.5. The number of ether oxygens (including phenoxy) is 1. The second-order valence-electron chi connectivity index (χ2n) is 2.50. The number of alkyl halides is 3. The third kappa shape index (κ3) is 2.48. The van der Waals surface area contributed by atoms with Crippen molar-refractivity contribution in [2.75, 3.05) is 5.73 Å². The van der Waals surface area contributed by atoms with Crippen molar-refractivity contribution < 1.29 is 22.3 Å². The molecular weight excluding hydrogens is 204 g/mol. The van der Waals surface area contributed by atoms with E-state index in [0.29, 0.717) is 6.07 Å². The number of rotatable bonds is 1. The van der Waals surface area contributed by atoms with Crippen LogP contribution in [0.25, 0.3) is 0 Å². The van der Waals surface area contributed by atoms with Crippen LogP contribution < -0.4 is 10.5 Å². The van der Waals surface area contributed by atoms with Crippen LogP contribution in [0.15, 0.2) is 6.07 Å². The number of aromatic nitrogens is 1. The third-order valence-corrected chi connectivity index (χ3v) is 1.36. The lowest BCUT2D eigenvalue weighted by Gasteiger charge is -2.12. The fourth-order valence-corrected chi connectivity index (χ4v) is 0.895. The number of anilines is 1. The molecule has 7 heteroatoms. The molecule has 1 aromatic heterocycles. The largest absolute Gasteiger partial charge is 0.573 e. The van der Waals surface area contributed by atoms with Crippen LogP contribution in [0, 0.1) is 12.9 Å². The van der Waals surface area contributed by atoms with Crippen LogP contribution in [-0.2, 0) is 0 Å². The smallest absolute Gasteiger partial charge is 0.402 e. The Labute approximate surface area is 76.5 Å². The molecule has 78 valence electrons. The lowest BCUT2D eigenvalue weighted by molar-refractivity contribution is -0.274. The number of hydrogen-bond donors (Lipinski definition) is 1. The molecule has 0 aliphatic carbocycles. The molecule has 14 heavy (non-hydrogen) atoms. The summed E-state index contributed by atoms with van der Waals surface area (Å²) in [7, 11) is 0. The van der Waals surface area contributed by atoms with E-state index in [-0.39, 0.29) is 5.69 Å². The van der Waals surface area contributed by atoms with E-state index in [2.05, 4.69) is 9.72 Å². The zero-order chi connectivity index (χ0) is 10.9. The van der Waals surface area contributed by atoms with E-state index in [4.69, 9.17) is 5.73 Å². The van der Waals surface area contributed by atoms with Gasteiger partial charge in [-0.25, -0.2) is 4.98 Å². The number of halogens is 4. The van der Waals surface area contributed by atoms with Crippen molar-refractivity contribution in [3.05, 3.63) is 17.7 Å². The van der Waals surface area contributed by atoms with E-state index < -0.39 is 23.7 Å². The fourth-order valence-electron chi connectivity index (χ4n) is 0.895. The van der Waals surface area contributed by atoms with E-state index in [1.54, 1.807) is 0 Å². The maximum atomic E-state index is 12.5. The van der Waals surface area contributed by atoms with Crippen molar-refractivity contribution >= 4 is 5.69 Å². The number of nitrogens with zero attached hydrogens (tertiary/aromatic N) is 1. The van der Waals surface area contributed by atoms with Crippen LogP contribution in [0.4, 0.5) is 23.2 Å². The van der Waals surface area contributed by atoms with Crippen LogP contribution in [0.2, 0.25) is 0 Å². The molecule has 0 bridgehead atoms. The summed E-state index contributed by atoms with van der Waals surface area (Å²) < 4.78 is 51.5. The first-order valence-corrected chi connectivity index (χ1v) is 3.48. The van der Waals surface area contributed by atoms with Gasteiger partial charge in [0, 0.05) is 6.07 Å². The van der Waals surface area contributed by atoms with Crippen LogP contribution in [0.3, 0.4) is 0 Å². The van der Waals surface area contributed by atoms with E-state index in [1.165, 1.54) is 6.92 Å². The van der Waals surface area contributed by atoms with Gasteiger partial charge in [-0.3, -0.25) is 0 Å². The highest BCUT2D eigenvalue weighted by Gasteiger charge is 2.33. The minimum atomic E-state index is -4.86. The van der Waals surface area contributed by atoms with Gasteiger partial charge in [0.1, 0.15) is 0 Å². The molecule has 3 nitrogen and oxygen atoms in total. The molecule has 1 rings (SSSR count). The SMILES string of the molecule is Cc1nc(F)cc(N)c1OC(F)(F)F. The molecule has 0 fully saturated rings. The van der Waals surface area contributed by atoms with Crippen molar-refractivity contribution in [2.45, 2.75) is 13.3 Å². The molecule has 0 saturated carbocycles. The number of pyridine rings is 1. The number of nitrogen functional groups attached to an aromatic ring is 1. The van der Waals surface area contributed by atoms with E-state index in [9.17, 15) is 17.6 Å². The molecule has 0 atom stereocenters. The average Bonchev–Trinajstić information content (AvgIpc) is 1.95. The van der Waals surface area contributed by atoms with Gasteiger partial charge < -0.3 is 10.5 Å². The van der Waals surface area contributed by atoms with Gasteiger partial charge in [0.25, 0.3) is 0 Å². The monoisotopic (exact) mass is 210 g/mol. The Hall–Kier alpha value is -1.53. The molecule has 1 heterocycles. The van der Waals surface area contributed by atoms with Crippen LogP contribution in [-0.4, -0.2) is 11.3 Å². The van der Waals surface area contributed by atoms with Gasteiger partial charge in [0.15, 0.2) is 5.75 Å². The summed E-state index contributed by atoms with van der Waals surface area (Å²) in [6, 6.07) is 0.661. The quantitative estimate of drug-likeness (QED) is 0.569. The molecule has 0 aliphatic rings. The minimum absolute atomic E-state index is 0.250. The van der Waals surface area contributed by atoms with Gasteiger partial charge in [-0.05, 0) is 6.92 Å². The van der Waals surface area contributed by atoms with Crippen molar-refractivity contribution in [3.63, 3.8) is 0 Å². The van der Waals surface area contributed by atoms with Crippen LogP contribution >= 0.6 is 0 Å². The summed E-state index contributed by atoms with van der Waals surface area (Å²) in [5, 5.41) is 0. The molecule has 0 amide bonds. The topological polar surface area (TPSA) is 48.1 Å². The third-order valence-electron chi connectivity index (χ3n) is 1.36.